The van der Waals surface area contributed by atoms with E-state index in [0.29, 0.717) is 10.8 Å². The molecule has 0 spiro atoms. The van der Waals surface area contributed by atoms with Crippen LogP contribution in [0.5, 0.6) is 11.5 Å². The van der Waals surface area contributed by atoms with Crippen LogP contribution in [0, 0.1) is 19.7 Å². The lowest BCUT2D eigenvalue weighted by atomic mass is 10.1. The van der Waals surface area contributed by atoms with E-state index in [1.54, 1.807) is 6.07 Å². The maximum absolute atomic E-state index is 13.5. The largest absolute Gasteiger partial charge is 0.456 e. The molecule has 0 fully saturated rings. The fraction of sp³-hybridized carbons (Fsp3) is 0.294. The third kappa shape index (κ3) is 3.55. The van der Waals surface area contributed by atoms with Crippen molar-refractivity contribution >= 4 is 11.6 Å². The molecule has 0 heterocycles. The molecule has 0 aromatic heterocycles. The second-order valence-electron chi connectivity index (χ2n) is 5.16. The van der Waals surface area contributed by atoms with Crippen molar-refractivity contribution in [2.24, 2.45) is 0 Å². The molecule has 0 aliphatic heterocycles. The maximum atomic E-state index is 13.5. The fourth-order valence-corrected chi connectivity index (χ4v) is 2.60. The summed E-state index contributed by atoms with van der Waals surface area (Å²) in [6.45, 7) is 5.85. The Hall–Kier alpha value is -1.58. The summed E-state index contributed by atoms with van der Waals surface area (Å²) >= 11 is 6.04. The zero-order valence-electron chi connectivity index (χ0n) is 12.6. The van der Waals surface area contributed by atoms with Crippen LogP contribution in [0.15, 0.2) is 30.3 Å². The lowest BCUT2D eigenvalue weighted by Crippen LogP contribution is -2.13. The van der Waals surface area contributed by atoms with Crippen molar-refractivity contribution in [3.8, 4) is 11.5 Å². The van der Waals surface area contributed by atoms with E-state index >= 15 is 0 Å². The van der Waals surface area contributed by atoms with Crippen LogP contribution in [-0.2, 0) is 0 Å². The van der Waals surface area contributed by atoms with E-state index in [1.807, 2.05) is 40.0 Å². The molecule has 0 saturated carbocycles. The van der Waals surface area contributed by atoms with E-state index in [4.69, 9.17) is 16.3 Å². The number of hydrogen-bond donors (Lipinski definition) is 1. The Morgan fingerprint density at radius 2 is 1.76 bits per heavy atom. The molecule has 0 aliphatic carbocycles. The first kappa shape index (κ1) is 15.8. The molecule has 2 rings (SSSR count). The maximum Gasteiger partial charge on any atom is 0.133 e. The summed E-state index contributed by atoms with van der Waals surface area (Å²) < 4.78 is 19.5. The predicted molar refractivity (Wildman–Crippen MR) is 84.9 cm³/mol. The molecule has 2 aromatic carbocycles. The minimum absolute atomic E-state index is 0.0105. The average Bonchev–Trinajstić information content (AvgIpc) is 2.43. The molecular weight excluding hydrogens is 289 g/mol. The van der Waals surface area contributed by atoms with Crippen LogP contribution in [0.3, 0.4) is 0 Å². The van der Waals surface area contributed by atoms with Crippen molar-refractivity contribution in [2.75, 3.05) is 7.05 Å². The van der Waals surface area contributed by atoms with Crippen LogP contribution in [0.25, 0.3) is 0 Å². The molecule has 0 saturated heterocycles. The third-order valence-corrected chi connectivity index (χ3v) is 3.73. The monoisotopic (exact) mass is 307 g/mol. The highest BCUT2D eigenvalue weighted by molar-refractivity contribution is 6.30. The van der Waals surface area contributed by atoms with E-state index in [1.165, 1.54) is 12.1 Å². The van der Waals surface area contributed by atoms with Crippen LogP contribution < -0.4 is 10.1 Å². The standard InChI is InChI=1S/C17H19ClFNO/c1-10-7-13(18)8-11(2)17(10)21-16-6-5-14(19)9-15(16)12(3)20-4/h5-9,12,20H,1-4H3. The van der Waals surface area contributed by atoms with Gasteiger partial charge in [-0.2, -0.15) is 0 Å². The topological polar surface area (TPSA) is 21.3 Å². The summed E-state index contributed by atoms with van der Waals surface area (Å²) in [6.07, 6.45) is 0. The molecule has 0 radical (unpaired) electrons. The molecule has 1 N–H and O–H groups in total. The Morgan fingerprint density at radius 1 is 1.14 bits per heavy atom. The number of aryl methyl sites for hydroxylation is 2. The zero-order valence-corrected chi connectivity index (χ0v) is 13.4. The van der Waals surface area contributed by atoms with Gasteiger partial charge >= 0.3 is 0 Å². The van der Waals surface area contributed by atoms with E-state index in [0.717, 1.165) is 22.4 Å². The third-order valence-electron chi connectivity index (χ3n) is 3.51. The Morgan fingerprint density at radius 3 is 2.33 bits per heavy atom. The van der Waals surface area contributed by atoms with Gasteiger partial charge in [0.15, 0.2) is 0 Å². The van der Waals surface area contributed by atoms with Gasteiger partial charge in [-0.1, -0.05) is 11.6 Å². The van der Waals surface area contributed by atoms with Gasteiger partial charge in [0.1, 0.15) is 17.3 Å². The first-order chi connectivity index (χ1) is 9.92. The Kier molecular flexibility index (Phi) is 4.86. The zero-order chi connectivity index (χ0) is 15.6. The molecule has 1 atom stereocenters. The van der Waals surface area contributed by atoms with Gasteiger partial charge in [-0.05, 0) is 69.3 Å². The summed E-state index contributed by atoms with van der Waals surface area (Å²) in [4.78, 5) is 0. The van der Waals surface area contributed by atoms with Crippen LogP contribution in [0.1, 0.15) is 29.7 Å². The van der Waals surface area contributed by atoms with Crippen LogP contribution in [0.4, 0.5) is 4.39 Å². The van der Waals surface area contributed by atoms with Gasteiger partial charge in [0.2, 0.25) is 0 Å². The van der Waals surface area contributed by atoms with Gasteiger partial charge in [0.05, 0.1) is 0 Å². The van der Waals surface area contributed by atoms with Gasteiger partial charge in [-0.25, -0.2) is 4.39 Å². The second-order valence-corrected chi connectivity index (χ2v) is 5.60. The highest BCUT2D eigenvalue weighted by Gasteiger charge is 2.14. The van der Waals surface area contributed by atoms with E-state index < -0.39 is 0 Å². The minimum atomic E-state index is -0.274. The molecule has 2 aromatic rings. The Labute approximate surface area is 129 Å². The average molecular weight is 308 g/mol. The molecule has 0 bridgehead atoms. The molecule has 21 heavy (non-hydrogen) atoms. The van der Waals surface area contributed by atoms with Crippen molar-refractivity contribution in [1.82, 2.24) is 5.32 Å². The predicted octanol–water partition coefficient (Wildman–Crippen LogP) is 5.17. The molecule has 1 unspecified atom stereocenters. The number of nitrogens with one attached hydrogen (secondary N) is 1. The minimum Gasteiger partial charge on any atom is -0.456 e. The first-order valence-corrected chi connectivity index (χ1v) is 7.21. The summed E-state index contributed by atoms with van der Waals surface area (Å²) in [6, 6.07) is 8.26. The summed E-state index contributed by atoms with van der Waals surface area (Å²) in [5.74, 6) is 1.13. The molecule has 4 heteroatoms. The van der Waals surface area contributed by atoms with Crippen LogP contribution >= 0.6 is 11.6 Å². The summed E-state index contributed by atoms with van der Waals surface area (Å²) in [5.41, 5.74) is 2.69. The van der Waals surface area contributed by atoms with E-state index in [2.05, 4.69) is 5.32 Å². The molecule has 0 aliphatic rings. The lowest BCUT2D eigenvalue weighted by Gasteiger charge is -2.18. The first-order valence-electron chi connectivity index (χ1n) is 6.83. The van der Waals surface area contributed by atoms with E-state index in [9.17, 15) is 4.39 Å². The van der Waals surface area contributed by atoms with Crippen LogP contribution in [-0.4, -0.2) is 7.05 Å². The van der Waals surface area contributed by atoms with Gasteiger partial charge in [0, 0.05) is 16.6 Å². The molecule has 0 amide bonds. The van der Waals surface area contributed by atoms with Crippen molar-refractivity contribution in [2.45, 2.75) is 26.8 Å². The van der Waals surface area contributed by atoms with Crippen molar-refractivity contribution in [3.63, 3.8) is 0 Å². The Balaban J connectivity index is 2.45. The summed E-state index contributed by atoms with van der Waals surface area (Å²) in [7, 11) is 1.83. The number of rotatable bonds is 4. The lowest BCUT2D eigenvalue weighted by molar-refractivity contribution is 0.457. The van der Waals surface area contributed by atoms with E-state index in [-0.39, 0.29) is 11.9 Å². The molecular formula is C17H19ClFNO. The van der Waals surface area contributed by atoms with Crippen molar-refractivity contribution in [1.29, 1.82) is 0 Å². The smallest absolute Gasteiger partial charge is 0.133 e. The normalized spacial score (nSPS) is 12.3. The number of ether oxygens (including phenoxy) is 1. The highest BCUT2D eigenvalue weighted by Crippen LogP contribution is 2.35. The van der Waals surface area contributed by atoms with Gasteiger partial charge < -0.3 is 10.1 Å². The molecule has 112 valence electrons. The van der Waals surface area contributed by atoms with Crippen molar-refractivity contribution in [3.05, 3.63) is 57.9 Å². The van der Waals surface area contributed by atoms with Gasteiger partial charge in [-0.15, -0.1) is 0 Å². The SMILES string of the molecule is CNC(C)c1cc(F)ccc1Oc1c(C)cc(Cl)cc1C. The van der Waals surface area contributed by atoms with Crippen LogP contribution in [0.2, 0.25) is 5.02 Å². The highest BCUT2D eigenvalue weighted by atomic mass is 35.5. The summed E-state index contributed by atoms with van der Waals surface area (Å²) in [5, 5.41) is 3.79. The fourth-order valence-electron chi connectivity index (χ4n) is 2.27. The van der Waals surface area contributed by atoms with Gasteiger partial charge in [-0.3, -0.25) is 0 Å². The molecule has 2 nitrogen and oxygen atoms in total. The van der Waals surface area contributed by atoms with Crippen molar-refractivity contribution < 1.29 is 9.13 Å². The number of halogens is 2. The second kappa shape index (κ2) is 6.46. The Bertz CT molecular complexity index is 634. The van der Waals surface area contributed by atoms with Gasteiger partial charge in [0.25, 0.3) is 0 Å². The number of hydrogen-bond acceptors (Lipinski definition) is 2. The quantitative estimate of drug-likeness (QED) is 0.841. The number of benzene rings is 2.